The number of carbonyl (C=O) groups excluding carboxylic acids is 1. The molecule has 2 rings (SSSR count). The van der Waals surface area contributed by atoms with Crippen LogP contribution in [-0.4, -0.2) is 18.1 Å². The van der Waals surface area contributed by atoms with Gasteiger partial charge in [-0.2, -0.15) is 13.2 Å². The van der Waals surface area contributed by atoms with Gasteiger partial charge in [-0.3, -0.25) is 0 Å². The number of nitrogen functional groups attached to an aromatic ring is 2. The van der Waals surface area contributed by atoms with E-state index >= 15 is 0 Å². The van der Waals surface area contributed by atoms with Gasteiger partial charge in [0.2, 0.25) is 0 Å². The molecular weight excluding hydrogens is 335 g/mol. The van der Waals surface area contributed by atoms with Crippen molar-refractivity contribution in [2.75, 3.05) is 18.6 Å². The number of carbonyl (C=O) groups is 1. The molecule has 0 spiro atoms. The molecule has 0 aliphatic carbocycles. The molecule has 0 fully saturated rings. The first kappa shape index (κ1) is 16.9. The summed E-state index contributed by atoms with van der Waals surface area (Å²) in [6, 6.07) is 4.10. The first-order chi connectivity index (χ1) is 10.6. The highest BCUT2D eigenvalue weighted by Gasteiger charge is 2.31. The third-order valence-electron chi connectivity index (χ3n) is 3.02. The summed E-state index contributed by atoms with van der Waals surface area (Å²) >= 11 is 5.88. The summed E-state index contributed by atoms with van der Waals surface area (Å²) in [5.74, 6) is -0.825. The van der Waals surface area contributed by atoms with E-state index in [0.29, 0.717) is 0 Å². The Morgan fingerprint density at radius 2 is 1.87 bits per heavy atom. The second kappa shape index (κ2) is 5.96. The molecule has 1 aromatic heterocycles. The molecule has 23 heavy (non-hydrogen) atoms. The van der Waals surface area contributed by atoms with Crippen LogP contribution in [0.5, 0.6) is 0 Å². The number of rotatable bonds is 2. The Kier molecular flexibility index (Phi) is 4.37. The molecule has 0 aliphatic heterocycles. The fourth-order valence-corrected chi connectivity index (χ4v) is 2.07. The summed E-state index contributed by atoms with van der Waals surface area (Å²) in [7, 11) is 1.13. The van der Waals surface area contributed by atoms with Crippen molar-refractivity contribution < 1.29 is 22.7 Å². The summed E-state index contributed by atoms with van der Waals surface area (Å²) in [5.41, 5.74) is 10.4. The summed E-state index contributed by atoms with van der Waals surface area (Å²) < 4.78 is 42.5. The van der Waals surface area contributed by atoms with Crippen LogP contribution in [0.25, 0.3) is 11.3 Å². The number of benzene rings is 1. The van der Waals surface area contributed by atoms with Gasteiger partial charge in [0.25, 0.3) is 0 Å². The lowest BCUT2D eigenvalue weighted by Crippen LogP contribution is -2.09. The maximum Gasteiger partial charge on any atom is 0.416 e. The van der Waals surface area contributed by atoms with Gasteiger partial charge in [-0.15, -0.1) is 0 Å². The van der Waals surface area contributed by atoms with Crippen molar-refractivity contribution in [3.8, 4) is 11.3 Å². The quantitative estimate of drug-likeness (QED) is 0.643. The topological polar surface area (TPSA) is 91.2 Å². The number of nitrogens with zero attached hydrogens (tertiary/aromatic N) is 1. The average molecular weight is 346 g/mol. The molecule has 0 bridgehead atoms. The van der Waals surface area contributed by atoms with E-state index in [0.717, 1.165) is 25.3 Å². The van der Waals surface area contributed by atoms with Crippen molar-refractivity contribution in [2.24, 2.45) is 0 Å². The zero-order valence-corrected chi connectivity index (χ0v) is 12.5. The maximum atomic E-state index is 12.7. The zero-order chi connectivity index (χ0) is 17.4. The lowest BCUT2D eigenvalue weighted by Gasteiger charge is -2.12. The van der Waals surface area contributed by atoms with Crippen LogP contribution in [0.2, 0.25) is 5.02 Å². The van der Waals surface area contributed by atoms with Gasteiger partial charge in [0, 0.05) is 11.3 Å². The number of hydrogen-bond donors (Lipinski definition) is 2. The highest BCUT2D eigenvalue weighted by atomic mass is 35.5. The van der Waals surface area contributed by atoms with Crippen molar-refractivity contribution in [3.05, 3.63) is 40.5 Å². The smallest absolute Gasteiger partial charge is 0.416 e. The van der Waals surface area contributed by atoms with Crippen LogP contribution in [0.1, 0.15) is 16.1 Å². The number of halogens is 4. The van der Waals surface area contributed by atoms with E-state index in [4.69, 9.17) is 23.1 Å². The van der Waals surface area contributed by atoms with E-state index in [1.54, 1.807) is 0 Å². The SMILES string of the molecule is COC(=O)c1nc(-c2ccc(C(F)(F)F)cc2N)cc(N)c1Cl. The predicted molar refractivity (Wildman–Crippen MR) is 79.8 cm³/mol. The molecule has 4 N–H and O–H groups in total. The number of methoxy groups -OCH3 is 1. The number of alkyl halides is 3. The van der Waals surface area contributed by atoms with E-state index in [2.05, 4.69) is 9.72 Å². The minimum Gasteiger partial charge on any atom is -0.464 e. The molecule has 9 heteroatoms. The maximum absolute atomic E-state index is 12.7. The van der Waals surface area contributed by atoms with E-state index in [9.17, 15) is 18.0 Å². The van der Waals surface area contributed by atoms with Crippen LogP contribution < -0.4 is 11.5 Å². The molecule has 0 saturated carbocycles. The monoisotopic (exact) mass is 345 g/mol. The number of hydrogen-bond acceptors (Lipinski definition) is 5. The first-order valence-corrected chi connectivity index (χ1v) is 6.54. The fourth-order valence-electron chi connectivity index (χ4n) is 1.89. The third kappa shape index (κ3) is 3.31. The van der Waals surface area contributed by atoms with Crippen LogP contribution in [0.15, 0.2) is 24.3 Å². The number of pyridine rings is 1. The Balaban J connectivity index is 2.59. The largest absolute Gasteiger partial charge is 0.464 e. The van der Waals surface area contributed by atoms with Crippen molar-refractivity contribution in [3.63, 3.8) is 0 Å². The van der Waals surface area contributed by atoms with Gasteiger partial charge in [0.15, 0.2) is 5.69 Å². The zero-order valence-electron chi connectivity index (χ0n) is 11.7. The van der Waals surface area contributed by atoms with Crippen molar-refractivity contribution in [1.82, 2.24) is 4.98 Å². The number of aromatic nitrogens is 1. The Labute approximate surface area is 134 Å². The van der Waals surface area contributed by atoms with E-state index in [1.165, 1.54) is 6.07 Å². The summed E-state index contributed by atoms with van der Waals surface area (Å²) in [6.45, 7) is 0. The molecule has 122 valence electrons. The van der Waals surface area contributed by atoms with Crippen molar-refractivity contribution >= 4 is 28.9 Å². The number of esters is 1. The molecule has 2 aromatic rings. The average Bonchev–Trinajstić information content (AvgIpc) is 2.48. The molecule has 0 atom stereocenters. The predicted octanol–water partition coefficient (Wildman–Crippen LogP) is 3.37. The molecule has 0 saturated heterocycles. The first-order valence-electron chi connectivity index (χ1n) is 6.16. The Morgan fingerprint density at radius 1 is 1.22 bits per heavy atom. The summed E-state index contributed by atoms with van der Waals surface area (Å²) in [5, 5.41) is -0.105. The number of nitrogens with two attached hydrogens (primary N) is 2. The lowest BCUT2D eigenvalue weighted by atomic mass is 10.0. The number of ether oxygens (including phenoxy) is 1. The van der Waals surface area contributed by atoms with Gasteiger partial charge >= 0.3 is 12.1 Å². The van der Waals surface area contributed by atoms with E-state index in [-0.39, 0.29) is 33.3 Å². The minimum absolute atomic E-state index is 0.0244. The van der Waals surface area contributed by atoms with Crippen LogP contribution in [0, 0.1) is 0 Å². The normalized spacial score (nSPS) is 11.3. The van der Waals surface area contributed by atoms with Gasteiger partial charge in [-0.25, -0.2) is 9.78 Å². The molecule has 0 radical (unpaired) electrons. The third-order valence-corrected chi connectivity index (χ3v) is 3.42. The van der Waals surface area contributed by atoms with Gasteiger partial charge in [-0.1, -0.05) is 17.7 Å². The molecular formula is C14H11ClF3N3O2. The molecule has 0 amide bonds. The van der Waals surface area contributed by atoms with Crippen LogP contribution in [-0.2, 0) is 10.9 Å². The molecule has 0 aliphatic rings. The second-order valence-corrected chi connectivity index (χ2v) is 4.93. The number of anilines is 2. The van der Waals surface area contributed by atoms with Gasteiger partial charge in [-0.05, 0) is 18.2 Å². The van der Waals surface area contributed by atoms with Crippen molar-refractivity contribution in [1.29, 1.82) is 0 Å². The Bertz CT molecular complexity index is 779. The lowest BCUT2D eigenvalue weighted by molar-refractivity contribution is -0.137. The van der Waals surface area contributed by atoms with E-state index < -0.39 is 17.7 Å². The fraction of sp³-hybridized carbons (Fsp3) is 0.143. The molecule has 1 heterocycles. The summed E-state index contributed by atoms with van der Waals surface area (Å²) in [6.07, 6.45) is -4.52. The van der Waals surface area contributed by atoms with Gasteiger partial charge < -0.3 is 16.2 Å². The standard InChI is InChI=1S/C14H11ClF3N3O2/c1-23-13(22)12-11(15)9(20)5-10(21-12)7-3-2-6(4-8(7)19)14(16,17)18/h2-5H,19H2,1H3,(H2,20,21). The van der Waals surface area contributed by atoms with Crippen LogP contribution >= 0.6 is 11.6 Å². The molecule has 0 unspecified atom stereocenters. The van der Waals surface area contributed by atoms with Crippen LogP contribution in [0.4, 0.5) is 24.5 Å². The van der Waals surface area contributed by atoms with Gasteiger partial charge in [0.1, 0.15) is 0 Å². The van der Waals surface area contributed by atoms with Crippen LogP contribution in [0.3, 0.4) is 0 Å². The second-order valence-electron chi connectivity index (χ2n) is 4.55. The van der Waals surface area contributed by atoms with E-state index in [1.807, 2.05) is 0 Å². The highest BCUT2D eigenvalue weighted by molar-refractivity contribution is 6.35. The minimum atomic E-state index is -4.52. The molecule has 1 aromatic carbocycles. The Hall–Kier alpha value is -2.48. The highest BCUT2D eigenvalue weighted by Crippen LogP contribution is 2.35. The molecule has 5 nitrogen and oxygen atoms in total. The summed E-state index contributed by atoms with van der Waals surface area (Å²) in [4.78, 5) is 15.6. The Morgan fingerprint density at radius 3 is 2.39 bits per heavy atom. The van der Waals surface area contributed by atoms with Gasteiger partial charge in [0.05, 0.1) is 29.1 Å². The van der Waals surface area contributed by atoms with Crippen molar-refractivity contribution in [2.45, 2.75) is 6.18 Å².